The van der Waals surface area contributed by atoms with Gasteiger partial charge in [0.2, 0.25) is 0 Å². The highest BCUT2D eigenvalue weighted by atomic mass is 32.1. The Labute approximate surface area is 321 Å². The summed E-state index contributed by atoms with van der Waals surface area (Å²) in [5, 5.41) is 7.19. The van der Waals surface area contributed by atoms with Crippen LogP contribution in [0.2, 0.25) is 0 Å². The number of amides is 4. The van der Waals surface area contributed by atoms with Crippen LogP contribution in [0.1, 0.15) is 28.4 Å². The second-order valence-electron chi connectivity index (χ2n) is 12.4. The third kappa shape index (κ3) is 11.1. The van der Waals surface area contributed by atoms with Crippen molar-refractivity contribution in [1.29, 1.82) is 0 Å². The molecule has 1 atom stereocenters. The van der Waals surface area contributed by atoms with Crippen molar-refractivity contribution in [1.82, 2.24) is 10.4 Å². The van der Waals surface area contributed by atoms with Crippen molar-refractivity contribution in [3.8, 4) is 16.2 Å². The molecule has 1 unspecified atom stereocenters. The minimum atomic E-state index is -0.956. The molecule has 0 aliphatic heterocycles. The Hall–Kier alpha value is -5.87. The van der Waals surface area contributed by atoms with E-state index < -0.39 is 35.8 Å². The van der Waals surface area contributed by atoms with Crippen LogP contribution in [0.4, 0.5) is 35.4 Å². The van der Waals surface area contributed by atoms with Gasteiger partial charge in [0.15, 0.2) is 6.79 Å². The molecule has 15 heteroatoms. The molecular weight excluding hydrogens is 733 g/mol. The lowest BCUT2D eigenvalue weighted by Crippen LogP contribution is -2.42. The van der Waals surface area contributed by atoms with Gasteiger partial charge < -0.3 is 24.8 Å². The van der Waals surface area contributed by atoms with Gasteiger partial charge in [-0.1, -0.05) is 48.5 Å². The van der Waals surface area contributed by atoms with E-state index in [-0.39, 0.29) is 36.7 Å². The van der Waals surface area contributed by atoms with E-state index in [1.165, 1.54) is 36.5 Å². The van der Waals surface area contributed by atoms with Crippen LogP contribution in [-0.2, 0) is 27.3 Å². The van der Waals surface area contributed by atoms with Gasteiger partial charge in [0.25, 0.3) is 5.91 Å². The molecule has 0 saturated carbocycles. The molecular formula is C40H41F2N5O7S. The number of benzene rings is 4. The van der Waals surface area contributed by atoms with Crippen molar-refractivity contribution < 1.29 is 42.2 Å². The van der Waals surface area contributed by atoms with Gasteiger partial charge in [-0.3, -0.25) is 19.4 Å². The first-order chi connectivity index (χ1) is 26.6. The average Bonchev–Trinajstić information content (AvgIpc) is 3.61. The molecule has 1 aromatic heterocycles. The van der Waals surface area contributed by atoms with Gasteiger partial charge in [-0.25, -0.2) is 23.9 Å². The van der Waals surface area contributed by atoms with E-state index in [1.54, 1.807) is 60.8 Å². The quantitative estimate of drug-likeness (QED) is 0.0675. The number of rotatable bonds is 16. The molecule has 288 valence electrons. The standard InChI is InChI=1S/C40H41F2N5O7S/c1-26(21-32-34(41)11-8-12-35(32)42)54-40(50)47(24-46(2)22-27-9-6-5-7-10-27)36-33(38(48)43-29-17-19-31(20-18-29)53-25-51-3)23-55-37(36)28-13-15-30(16-14-28)44-39(49)45-52-4/h5-20,23,26H,21-22,24-25H2,1-4H3,(H,43,48)(H2,44,45,49). The Morgan fingerprint density at radius 3 is 2.15 bits per heavy atom. The Bertz CT molecular complexity index is 2030. The topological polar surface area (TPSA) is 131 Å². The number of nitrogens with zero attached hydrogens (tertiary/aromatic N) is 2. The van der Waals surface area contributed by atoms with E-state index in [2.05, 4.69) is 21.0 Å². The normalized spacial score (nSPS) is 11.5. The molecule has 0 aliphatic rings. The third-order valence-corrected chi connectivity index (χ3v) is 9.11. The lowest BCUT2D eigenvalue weighted by Gasteiger charge is -2.30. The fourth-order valence-corrected chi connectivity index (χ4v) is 6.66. The first-order valence-electron chi connectivity index (χ1n) is 17.0. The summed E-state index contributed by atoms with van der Waals surface area (Å²) in [5.74, 6) is -1.48. The fraction of sp³-hybridized carbons (Fsp3) is 0.225. The Balaban J connectivity index is 1.53. The number of halogens is 2. The SMILES string of the molecule is COCOc1ccc(NC(=O)c2csc(-c3ccc(NC(=O)NOC)cc3)c2N(CN(C)Cc2ccccc2)C(=O)OC(C)Cc2c(F)cccc2F)cc1. The second-order valence-corrected chi connectivity index (χ2v) is 13.2. The third-order valence-electron chi connectivity index (χ3n) is 8.09. The number of thiophene rings is 1. The maximum absolute atomic E-state index is 14.6. The molecule has 55 heavy (non-hydrogen) atoms. The summed E-state index contributed by atoms with van der Waals surface area (Å²) in [6.07, 6.45) is -2.02. The predicted octanol–water partition coefficient (Wildman–Crippen LogP) is 8.27. The van der Waals surface area contributed by atoms with Crippen LogP contribution < -0.4 is 25.8 Å². The van der Waals surface area contributed by atoms with E-state index >= 15 is 0 Å². The number of carbonyl (C=O) groups is 3. The molecule has 0 aliphatic carbocycles. The lowest BCUT2D eigenvalue weighted by atomic mass is 10.1. The summed E-state index contributed by atoms with van der Waals surface area (Å²) < 4.78 is 45.5. The molecule has 4 amide bonds. The summed E-state index contributed by atoms with van der Waals surface area (Å²) in [5.41, 5.74) is 4.92. The number of carbonyl (C=O) groups excluding carboxylic acids is 3. The van der Waals surface area contributed by atoms with Crippen molar-refractivity contribution in [2.45, 2.75) is 26.0 Å². The van der Waals surface area contributed by atoms with Gasteiger partial charge in [0.1, 0.15) is 23.5 Å². The number of nitrogens with one attached hydrogen (secondary N) is 3. The number of hydroxylamine groups is 1. The van der Waals surface area contributed by atoms with Gasteiger partial charge in [0, 0.05) is 42.4 Å². The first-order valence-corrected chi connectivity index (χ1v) is 17.9. The molecule has 0 radical (unpaired) electrons. The van der Waals surface area contributed by atoms with Crippen molar-refractivity contribution in [3.05, 3.63) is 131 Å². The van der Waals surface area contributed by atoms with Crippen molar-refractivity contribution in [2.75, 3.05) is 50.3 Å². The number of methoxy groups -OCH3 is 1. The summed E-state index contributed by atoms with van der Waals surface area (Å²) in [4.78, 5) is 48.9. The van der Waals surface area contributed by atoms with Gasteiger partial charge in [-0.05, 0) is 73.6 Å². The van der Waals surface area contributed by atoms with Crippen LogP contribution in [0, 0.1) is 11.6 Å². The van der Waals surface area contributed by atoms with Crippen molar-refractivity contribution >= 4 is 46.4 Å². The number of hydrogen-bond donors (Lipinski definition) is 3. The molecule has 0 spiro atoms. The molecule has 3 N–H and O–H groups in total. The van der Waals surface area contributed by atoms with Crippen molar-refractivity contribution in [3.63, 3.8) is 0 Å². The van der Waals surface area contributed by atoms with Crippen molar-refractivity contribution in [2.24, 2.45) is 0 Å². The van der Waals surface area contributed by atoms with E-state index in [9.17, 15) is 23.2 Å². The Morgan fingerprint density at radius 2 is 1.49 bits per heavy atom. The minimum Gasteiger partial charge on any atom is -0.468 e. The first kappa shape index (κ1) is 40.3. The van der Waals surface area contributed by atoms with Crippen LogP contribution in [0.3, 0.4) is 0 Å². The monoisotopic (exact) mass is 773 g/mol. The van der Waals surface area contributed by atoms with Crippen LogP contribution >= 0.6 is 11.3 Å². The van der Waals surface area contributed by atoms with Crippen LogP contribution in [-0.4, -0.2) is 63.8 Å². The summed E-state index contributed by atoms with van der Waals surface area (Å²) >= 11 is 1.23. The maximum atomic E-state index is 14.6. The molecule has 12 nitrogen and oxygen atoms in total. The zero-order valence-corrected chi connectivity index (χ0v) is 31.5. The smallest absolute Gasteiger partial charge is 0.415 e. The summed E-state index contributed by atoms with van der Waals surface area (Å²) in [7, 11) is 4.64. The Kier molecular flexibility index (Phi) is 14.3. The minimum absolute atomic E-state index is 0.0408. The van der Waals surface area contributed by atoms with E-state index in [1.807, 2.05) is 42.3 Å². The maximum Gasteiger partial charge on any atom is 0.415 e. The summed E-state index contributed by atoms with van der Waals surface area (Å²) in [6, 6.07) is 26.1. The second kappa shape index (κ2) is 19.5. The van der Waals surface area contributed by atoms with Crippen LogP contribution in [0.25, 0.3) is 10.4 Å². The molecule has 0 saturated heterocycles. The highest BCUT2D eigenvalue weighted by Crippen LogP contribution is 2.41. The molecule has 0 bridgehead atoms. The molecule has 0 fully saturated rings. The number of hydrogen-bond acceptors (Lipinski definition) is 9. The highest BCUT2D eigenvalue weighted by molar-refractivity contribution is 7.14. The number of urea groups is 1. The number of anilines is 3. The molecule has 5 aromatic rings. The average molecular weight is 774 g/mol. The Morgan fingerprint density at radius 1 is 0.836 bits per heavy atom. The highest BCUT2D eigenvalue weighted by Gasteiger charge is 2.31. The predicted molar refractivity (Wildman–Crippen MR) is 207 cm³/mol. The van der Waals surface area contributed by atoms with E-state index in [0.717, 1.165) is 17.7 Å². The zero-order chi connectivity index (χ0) is 39.3. The fourth-order valence-electron chi connectivity index (χ4n) is 5.60. The van der Waals surface area contributed by atoms with E-state index in [4.69, 9.17) is 14.2 Å². The molecule has 1 heterocycles. The molecule has 4 aromatic carbocycles. The van der Waals surface area contributed by atoms with Crippen LogP contribution in [0.5, 0.6) is 5.75 Å². The van der Waals surface area contributed by atoms with Gasteiger partial charge >= 0.3 is 12.1 Å². The van der Waals surface area contributed by atoms with Gasteiger partial charge in [-0.15, -0.1) is 11.3 Å². The summed E-state index contributed by atoms with van der Waals surface area (Å²) in [6.45, 7) is 2.00. The van der Waals surface area contributed by atoms with E-state index in [0.29, 0.717) is 34.1 Å². The molecule has 5 rings (SSSR count). The zero-order valence-electron chi connectivity index (χ0n) is 30.6. The van der Waals surface area contributed by atoms with Gasteiger partial charge in [0.05, 0.1) is 29.9 Å². The largest absolute Gasteiger partial charge is 0.468 e. The van der Waals surface area contributed by atoms with Crippen LogP contribution in [0.15, 0.2) is 102 Å². The number of ether oxygens (including phenoxy) is 3. The lowest BCUT2D eigenvalue weighted by molar-refractivity contribution is 0.0511. The van der Waals surface area contributed by atoms with Gasteiger partial charge in [-0.2, -0.15) is 0 Å².